The van der Waals surface area contributed by atoms with Crippen LogP contribution in [-0.4, -0.2) is 14.6 Å². The number of aromatic nitrogens is 3. The molecule has 1 N–H and O–H groups in total. The third kappa shape index (κ3) is 2.98. The smallest absolute Gasteiger partial charge is 0.161 e. The van der Waals surface area contributed by atoms with E-state index in [4.69, 9.17) is 4.42 Å². The van der Waals surface area contributed by atoms with Crippen molar-refractivity contribution in [2.24, 2.45) is 0 Å². The highest BCUT2D eigenvalue weighted by Crippen LogP contribution is 2.30. The lowest BCUT2D eigenvalue weighted by atomic mass is 10.00. The zero-order valence-corrected chi connectivity index (χ0v) is 14.7. The van der Waals surface area contributed by atoms with E-state index >= 15 is 0 Å². The minimum Gasteiger partial charge on any atom is -0.472 e. The first-order chi connectivity index (χ1) is 13.4. The molecule has 3 aromatic heterocycles. The summed E-state index contributed by atoms with van der Waals surface area (Å²) < 4.78 is 7.11. The van der Waals surface area contributed by atoms with Gasteiger partial charge in [0.25, 0.3) is 0 Å². The van der Waals surface area contributed by atoms with E-state index in [0.29, 0.717) is 0 Å². The van der Waals surface area contributed by atoms with Gasteiger partial charge in [0, 0.05) is 24.0 Å². The molecule has 0 spiro atoms. The van der Waals surface area contributed by atoms with E-state index in [1.165, 1.54) is 22.1 Å². The molecule has 0 aliphatic heterocycles. The standard InChI is InChI=1S/C22H18N4O/c1-2-4-21-19(3-1)20(11-22-25-24-15-26(21)22)18-7-5-16(6-8-18)12-23-13-17-9-10-27-14-17/h1-11,14-15,23H,12-13H2. The number of nitrogens with one attached hydrogen (secondary N) is 1. The Hall–Kier alpha value is -3.44. The van der Waals surface area contributed by atoms with Gasteiger partial charge >= 0.3 is 0 Å². The van der Waals surface area contributed by atoms with Crippen LogP contribution in [0.5, 0.6) is 0 Å². The van der Waals surface area contributed by atoms with Gasteiger partial charge in [0.1, 0.15) is 6.33 Å². The van der Waals surface area contributed by atoms with E-state index in [2.05, 4.69) is 64.0 Å². The van der Waals surface area contributed by atoms with Gasteiger partial charge in [0.2, 0.25) is 0 Å². The first-order valence-electron chi connectivity index (χ1n) is 8.91. The summed E-state index contributed by atoms with van der Waals surface area (Å²) >= 11 is 0. The Kier molecular flexibility index (Phi) is 3.92. The van der Waals surface area contributed by atoms with Gasteiger partial charge in [-0.15, -0.1) is 10.2 Å². The summed E-state index contributed by atoms with van der Waals surface area (Å²) in [6, 6.07) is 21.1. The van der Waals surface area contributed by atoms with Gasteiger partial charge in [-0.3, -0.25) is 4.40 Å². The third-order valence-electron chi connectivity index (χ3n) is 4.80. The van der Waals surface area contributed by atoms with E-state index in [1.807, 2.05) is 16.5 Å². The molecule has 5 rings (SSSR count). The van der Waals surface area contributed by atoms with Gasteiger partial charge in [0.15, 0.2) is 5.65 Å². The Labute approximate surface area is 156 Å². The molecule has 0 radical (unpaired) electrons. The predicted molar refractivity (Wildman–Crippen MR) is 105 cm³/mol. The van der Waals surface area contributed by atoms with Crippen LogP contribution in [0.2, 0.25) is 0 Å². The van der Waals surface area contributed by atoms with Crippen LogP contribution in [0, 0.1) is 0 Å². The van der Waals surface area contributed by atoms with Crippen molar-refractivity contribution in [2.45, 2.75) is 13.1 Å². The summed E-state index contributed by atoms with van der Waals surface area (Å²) in [5, 5.41) is 12.9. The number of fused-ring (bicyclic) bond motifs is 3. The molecule has 5 nitrogen and oxygen atoms in total. The van der Waals surface area contributed by atoms with Gasteiger partial charge in [-0.05, 0) is 34.9 Å². The second kappa shape index (κ2) is 6.70. The minimum atomic E-state index is 0.798. The molecule has 0 atom stereocenters. The molecule has 5 aromatic rings. The Balaban J connectivity index is 1.44. The van der Waals surface area contributed by atoms with Crippen LogP contribution in [0.1, 0.15) is 11.1 Å². The molecule has 0 aliphatic carbocycles. The molecule has 0 bridgehead atoms. The number of hydrogen-bond donors (Lipinski definition) is 1. The maximum Gasteiger partial charge on any atom is 0.161 e. The second-order valence-corrected chi connectivity index (χ2v) is 6.57. The molecule has 0 fully saturated rings. The average Bonchev–Trinajstić information content (AvgIpc) is 3.40. The maximum atomic E-state index is 5.09. The zero-order chi connectivity index (χ0) is 18.1. The van der Waals surface area contributed by atoms with Crippen molar-refractivity contribution in [1.82, 2.24) is 19.9 Å². The second-order valence-electron chi connectivity index (χ2n) is 6.57. The van der Waals surface area contributed by atoms with E-state index < -0.39 is 0 Å². The Bertz CT molecular complexity index is 1190. The predicted octanol–water partition coefficient (Wildman–Crippen LogP) is 4.43. The molecule has 5 heteroatoms. The van der Waals surface area contributed by atoms with Crippen LogP contribution in [-0.2, 0) is 13.1 Å². The molecule has 27 heavy (non-hydrogen) atoms. The lowest BCUT2D eigenvalue weighted by Crippen LogP contribution is -2.11. The van der Waals surface area contributed by atoms with Gasteiger partial charge in [0.05, 0.1) is 18.0 Å². The Morgan fingerprint density at radius 2 is 1.78 bits per heavy atom. The first-order valence-corrected chi connectivity index (χ1v) is 8.91. The first kappa shape index (κ1) is 15.8. The van der Waals surface area contributed by atoms with E-state index in [0.717, 1.165) is 29.8 Å². The third-order valence-corrected chi connectivity index (χ3v) is 4.80. The molecule has 3 heterocycles. The number of hydrogen-bond acceptors (Lipinski definition) is 4. The molecular weight excluding hydrogens is 336 g/mol. The summed E-state index contributed by atoms with van der Waals surface area (Å²) in [5.41, 5.74) is 6.71. The van der Waals surface area contributed by atoms with E-state index in [1.54, 1.807) is 18.9 Å². The molecule has 132 valence electrons. The molecule has 2 aromatic carbocycles. The van der Waals surface area contributed by atoms with Crippen LogP contribution in [0.4, 0.5) is 0 Å². The quantitative estimate of drug-likeness (QED) is 0.507. The molecule has 0 saturated carbocycles. The lowest BCUT2D eigenvalue weighted by molar-refractivity contribution is 0.560. The topological polar surface area (TPSA) is 55.4 Å². The molecule has 0 saturated heterocycles. The van der Waals surface area contributed by atoms with Gasteiger partial charge < -0.3 is 9.73 Å². The van der Waals surface area contributed by atoms with Crippen LogP contribution in [0.3, 0.4) is 0 Å². The molecule has 0 unspecified atom stereocenters. The Morgan fingerprint density at radius 3 is 2.63 bits per heavy atom. The number of benzene rings is 2. The number of para-hydroxylation sites is 1. The number of nitrogens with zero attached hydrogens (tertiary/aromatic N) is 3. The monoisotopic (exact) mass is 354 g/mol. The normalized spacial score (nSPS) is 11.4. The van der Waals surface area contributed by atoms with Crippen molar-refractivity contribution in [1.29, 1.82) is 0 Å². The summed E-state index contributed by atoms with van der Waals surface area (Å²) in [5.74, 6) is 0. The largest absolute Gasteiger partial charge is 0.472 e. The number of pyridine rings is 1. The van der Waals surface area contributed by atoms with Gasteiger partial charge in [-0.1, -0.05) is 42.5 Å². The summed E-state index contributed by atoms with van der Waals surface area (Å²) in [4.78, 5) is 0. The van der Waals surface area contributed by atoms with Gasteiger partial charge in [-0.2, -0.15) is 0 Å². The fourth-order valence-electron chi connectivity index (χ4n) is 3.43. The molecular formula is C22H18N4O. The van der Waals surface area contributed by atoms with E-state index in [-0.39, 0.29) is 0 Å². The maximum absolute atomic E-state index is 5.09. The summed E-state index contributed by atoms with van der Waals surface area (Å²) in [7, 11) is 0. The van der Waals surface area contributed by atoms with Crippen molar-refractivity contribution in [2.75, 3.05) is 0 Å². The lowest BCUT2D eigenvalue weighted by Gasteiger charge is -2.10. The Morgan fingerprint density at radius 1 is 0.926 bits per heavy atom. The summed E-state index contributed by atoms with van der Waals surface area (Å²) in [6.45, 7) is 1.61. The fourth-order valence-corrected chi connectivity index (χ4v) is 3.43. The highest BCUT2D eigenvalue weighted by atomic mass is 16.3. The highest BCUT2D eigenvalue weighted by molar-refractivity contribution is 5.97. The number of furan rings is 1. The SMILES string of the molecule is c1ccc2c(c1)c(-c1ccc(CNCc3ccoc3)cc1)cc1nncn12. The van der Waals surface area contributed by atoms with Crippen molar-refractivity contribution in [3.05, 3.63) is 90.6 Å². The van der Waals surface area contributed by atoms with Crippen molar-refractivity contribution < 1.29 is 4.42 Å². The van der Waals surface area contributed by atoms with Crippen LogP contribution >= 0.6 is 0 Å². The highest BCUT2D eigenvalue weighted by Gasteiger charge is 2.09. The zero-order valence-electron chi connectivity index (χ0n) is 14.7. The summed E-state index contributed by atoms with van der Waals surface area (Å²) in [6.07, 6.45) is 5.22. The fraction of sp³-hybridized carbons (Fsp3) is 0.0909. The minimum absolute atomic E-state index is 0.798. The van der Waals surface area contributed by atoms with Crippen molar-refractivity contribution in [3.8, 4) is 11.1 Å². The molecule has 0 aliphatic rings. The average molecular weight is 354 g/mol. The van der Waals surface area contributed by atoms with Crippen molar-refractivity contribution >= 4 is 16.6 Å². The molecule has 0 amide bonds. The van der Waals surface area contributed by atoms with E-state index in [9.17, 15) is 0 Å². The van der Waals surface area contributed by atoms with Crippen LogP contribution < -0.4 is 5.32 Å². The van der Waals surface area contributed by atoms with Crippen LogP contribution in [0.15, 0.2) is 83.9 Å². The van der Waals surface area contributed by atoms with Gasteiger partial charge in [-0.25, -0.2) is 0 Å². The number of rotatable bonds is 5. The van der Waals surface area contributed by atoms with Crippen LogP contribution in [0.25, 0.3) is 27.7 Å². The van der Waals surface area contributed by atoms with Crippen molar-refractivity contribution in [3.63, 3.8) is 0 Å².